The highest BCUT2D eigenvalue weighted by molar-refractivity contribution is 6.02. The summed E-state index contributed by atoms with van der Waals surface area (Å²) < 4.78 is 40.8. The Morgan fingerprint density at radius 1 is 1.46 bits per heavy atom. The molecule has 0 atom stereocenters. The predicted molar refractivity (Wildman–Crippen MR) is 40.2 cm³/mol. The molecule has 0 bridgehead atoms. The van der Waals surface area contributed by atoms with Gasteiger partial charge in [-0.3, -0.25) is 5.41 Å². The van der Waals surface area contributed by atoms with Crippen LogP contribution in [0.2, 0.25) is 0 Å². The van der Waals surface area contributed by atoms with Gasteiger partial charge in [0.05, 0.1) is 6.61 Å². The van der Waals surface area contributed by atoms with Gasteiger partial charge in [0.15, 0.2) is 5.88 Å². The number of alkyl halides is 3. The molecule has 0 aromatic carbocycles. The Morgan fingerprint density at radius 2 is 2.08 bits per heavy atom. The maximum Gasteiger partial charge on any atom is 0.433 e. The number of halogens is 3. The topological polar surface area (TPSA) is 59.1 Å². The zero-order valence-corrected chi connectivity index (χ0v) is 6.74. The van der Waals surface area contributed by atoms with Crippen LogP contribution in [-0.4, -0.2) is 18.5 Å². The van der Waals surface area contributed by atoms with Gasteiger partial charge >= 0.3 is 6.18 Å². The molecule has 0 unspecified atom stereocenters. The van der Waals surface area contributed by atoms with Crippen LogP contribution in [-0.2, 0) is 4.74 Å². The molecule has 3 nitrogen and oxygen atoms in total. The lowest BCUT2D eigenvalue weighted by atomic mass is 10.0. The van der Waals surface area contributed by atoms with Crippen LogP contribution >= 0.6 is 0 Å². The summed E-state index contributed by atoms with van der Waals surface area (Å²) in [4.78, 5) is 0. The van der Waals surface area contributed by atoms with Crippen LogP contribution in [0, 0.1) is 5.41 Å². The van der Waals surface area contributed by atoms with E-state index in [0.29, 0.717) is 13.0 Å². The molecular formula is C7H9F3N2O. The van der Waals surface area contributed by atoms with Gasteiger partial charge in [-0.25, -0.2) is 0 Å². The molecule has 13 heavy (non-hydrogen) atoms. The van der Waals surface area contributed by atoms with E-state index < -0.39 is 11.9 Å². The Bertz CT molecular complexity index is 257. The zero-order valence-electron chi connectivity index (χ0n) is 6.74. The first-order valence-electron chi connectivity index (χ1n) is 3.70. The Hall–Kier alpha value is -1.20. The highest BCUT2D eigenvalue weighted by atomic mass is 19.4. The zero-order chi connectivity index (χ0) is 10.1. The van der Waals surface area contributed by atoms with Crippen molar-refractivity contribution >= 4 is 5.71 Å². The number of nitrogens with two attached hydrogens (primary N) is 1. The lowest BCUT2D eigenvalue weighted by molar-refractivity contribution is -0.0595. The van der Waals surface area contributed by atoms with Crippen LogP contribution in [0.15, 0.2) is 11.5 Å². The van der Waals surface area contributed by atoms with Crippen LogP contribution in [0.3, 0.4) is 0 Å². The second kappa shape index (κ2) is 3.27. The van der Waals surface area contributed by atoms with Gasteiger partial charge in [-0.15, -0.1) is 0 Å². The molecule has 1 aliphatic heterocycles. The number of rotatable bonds is 1. The summed E-state index contributed by atoms with van der Waals surface area (Å²) in [6.45, 7) is 0.320. The SMILES string of the molecule is N=C(C1=C(N)OCCC1)C(F)(F)F. The second-order valence-corrected chi connectivity index (χ2v) is 2.67. The van der Waals surface area contributed by atoms with Gasteiger partial charge < -0.3 is 10.5 Å². The van der Waals surface area contributed by atoms with Crippen molar-refractivity contribution in [3.8, 4) is 0 Å². The average molecular weight is 194 g/mol. The number of hydrogen-bond donors (Lipinski definition) is 2. The van der Waals surface area contributed by atoms with E-state index in [1.54, 1.807) is 0 Å². The molecule has 74 valence electrons. The molecule has 6 heteroatoms. The van der Waals surface area contributed by atoms with Crippen molar-refractivity contribution in [1.29, 1.82) is 5.41 Å². The smallest absolute Gasteiger partial charge is 0.433 e. The number of nitrogens with one attached hydrogen (secondary N) is 1. The summed E-state index contributed by atoms with van der Waals surface area (Å²) in [6, 6.07) is 0. The van der Waals surface area contributed by atoms with Crippen LogP contribution < -0.4 is 5.73 Å². The lowest BCUT2D eigenvalue weighted by Crippen LogP contribution is -2.28. The molecule has 0 aromatic heterocycles. The molecule has 1 aliphatic rings. The quantitative estimate of drug-likeness (QED) is 0.622. The highest BCUT2D eigenvalue weighted by Gasteiger charge is 2.38. The Morgan fingerprint density at radius 3 is 2.54 bits per heavy atom. The molecule has 1 heterocycles. The first-order chi connectivity index (χ1) is 5.93. The second-order valence-electron chi connectivity index (χ2n) is 2.67. The van der Waals surface area contributed by atoms with E-state index >= 15 is 0 Å². The van der Waals surface area contributed by atoms with Crippen LogP contribution in [0.4, 0.5) is 13.2 Å². The minimum Gasteiger partial charge on any atom is -0.479 e. The van der Waals surface area contributed by atoms with Gasteiger partial charge in [-0.1, -0.05) is 0 Å². The molecular weight excluding hydrogens is 185 g/mol. The number of ether oxygens (including phenoxy) is 1. The fourth-order valence-corrected chi connectivity index (χ4v) is 1.06. The molecule has 0 aromatic rings. The molecule has 0 fully saturated rings. The maximum atomic E-state index is 12.0. The van der Waals surface area contributed by atoms with Gasteiger partial charge in [0.1, 0.15) is 5.71 Å². The lowest BCUT2D eigenvalue weighted by Gasteiger charge is -2.19. The third-order valence-electron chi connectivity index (χ3n) is 1.71. The van der Waals surface area contributed by atoms with Gasteiger partial charge in [-0.2, -0.15) is 13.2 Å². The van der Waals surface area contributed by atoms with Crippen molar-refractivity contribution in [1.82, 2.24) is 0 Å². The van der Waals surface area contributed by atoms with Gasteiger partial charge in [-0.05, 0) is 12.8 Å². The molecule has 0 amide bonds. The standard InChI is InChI=1S/C7H9F3N2O/c8-7(9,10)5(11)4-2-1-3-13-6(4)12/h11H,1-3,12H2. The molecule has 0 spiro atoms. The van der Waals surface area contributed by atoms with Gasteiger partial charge in [0.2, 0.25) is 0 Å². The minimum atomic E-state index is -4.64. The van der Waals surface area contributed by atoms with E-state index in [0.717, 1.165) is 0 Å². The summed E-state index contributed by atoms with van der Waals surface area (Å²) in [7, 11) is 0. The molecule has 0 saturated heterocycles. The summed E-state index contributed by atoms with van der Waals surface area (Å²) in [6.07, 6.45) is -4.01. The Balaban J connectivity index is 2.87. The van der Waals surface area contributed by atoms with E-state index in [1.807, 2.05) is 0 Å². The number of hydrogen-bond acceptors (Lipinski definition) is 3. The predicted octanol–water partition coefficient (Wildman–Crippen LogP) is 1.55. The molecule has 0 aliphatic carbocycles. The molecule has 3 N–H and O–H groups in total. The fourth-order valence-electron chi connectivity index (χ4n) is 1.06. The van der Waals surface area contributed by atoms with Crippen molar-refractivity contribution in [2.75, 3.05) is 6.61 Å². The third-order valence-corrected chi connectivity index (χ3v) is 1.71. The third kappa shape index (κ3) is 2.13. The first-order valence-corrected chi connectivity index (χ1v) is 3.70. The Kier molecular flexibility index (Phi) is 2.49. The van der Waals surface area contributed by atoms with E-state index in [2.05, 4.69) is 0 Å². The normalized spacial score (nSPS) is 18.4. The van der Waals surface area contributed by atoms with Crippen molar-refractivity contribution in [2.24, 2.45) is 5.73 Å². The average Bonchev–Trinajstić information content (AvgIpc) is 2.02. The molecule has 1 rings (SSSR count). The summed E-state index contributed by atoms with van der Waals surface area (Å²) in [5.74, 6) is -0.270. The van der Waals surface area contributed by atoms with Crippen molar-refractivity contribution in [2.45, 2.75) is 19.0 Å². The summed E-state index contributed by atoms with van der Waals surface area (Å²) in [5, 5.41) is 6.82. The van der Waals surface area contributed by atoms with Crippen molar-refractivity contribution in [3.63, 3.8) is 0 Å². The largest absolute Gasteiger partial charge is 0.479 e. The summed E-state index contributed by atoms with van der Waals surface area (Å²) >= 11 is 0. The maximum absolute atomic E-state index is 12.0. The fraction of sp³-hybridized carbons (Fsp3) is 0.571. The van der Waals surface area contributed by atoms with Crippen LogP contribution in [0.5, 0.6) is 0 Å². The van der Waals surface area contributed by atoms with E-state index in [-0.39, 0.29) is 17.9 Å². The monoisotopic (exact) mass is 194 g/mol. The van der Waals surface area contributed by atoms with Gasteiger partial charge in [0.25, 0.3) is 0 Å². The van der Waals surface area contributed by atoms with E-state index in [9.17, 15) is 13.2 Å². The Labute approximate surface area is 72.9 Å². The molecule has 0 saturated carbocycles. The van der Waals surface area contributed by atoms with Crippen LogP contribution in [0.25, 0.3) is 0 Å². The van der Waals surface area contributed by atoms with E-state index in [4.69, 9.17) is 15.9 Å². The highest BCUT2D eigenvalue weighted by Crippen LogP contribution is 2.26. The number of allylic oxidation sites excluding steroid dienone is 1. The van der Waals surface area contributed by atoms with Crippen molar-refractivity contribution in [3.05, 3.63) is 11.5 Å². The first kappa shape index (κ1) is 9.88. The van der Waals surface area contributed by atoms with E-state index in [1.165, 1.54) is 0 Å². The minimum absolute atomic E-state index is 0.157. The van der Waals surface area contributed by atoms with Crippen LogP contribution in [0.1, 0.15) is 12.8 Å². The van der Waals surface area contributed by atoms with Crippen molar-refractivity contribution < 1.29 is 17.9 Å². The van der Waals surface area contributed by atoms with Gasteiger partial charge in [0, 0.05) is 5.57 Å². The summed E-state index contributed by atoms with van der Waals surface area (Å²) in [5.41, 5.74) is 3.56. The molecule has 0 radical (unpaired) electrons.